The van der Waals surface area contributed by atoms with Crippen molar-refractivity contribution in [3.8, 4) is 6.07 Å². The monoisotopic (exact) mass is 275 g/mol. The minimum Gasteiger partial charge on any atom is -0.267 e. The maximum Gasteiger partial charge on any atom is 0.275 e. The molecule has 4 nitrogen and oxygen atoms in total. The van der Waals surface area contributed by atoms with Crippen molar-refractivity contribution in [2.45, 2.75) is 12.5 Å². The molecule has 0 spiro atoms. The summed E-state index contributed by atoms with van der Waals surface area (Å²) in [5.74, 6) is -0.287. The van der Waals surface area contributed by atoms with Crippen LogP contribution in [-0.4, -0.2) is 17.1 Å². The Labute approximate surface area is 122 Å². The highest BCUT2D eigenvalue weighted by Gasteiger charge is 2.41. The van der Waals surface area contributed by atoms with Crippen molar-refractivity contribution < 1.29 is 4.79 Å². The van der Waals surface area contributed by atoms with Gasteiger partial charge in [-0.05, 0) is 19.1 Å². The molecule has 0 aliphatic carbocycles. The van der Waals surface area contributed by atoms with Gasteiger partial charge in [0.15, 0.2) is 5.54 Å². The van der Waals surface area contributed by atoms with Crippen molar-refractivity contribution in [1.82, 2.24) is 5.01 Å². The van der Waals surface area contributed by atoms with E-state index in [4.69, 9.17) is 0 Å². The summed E-state index contributed by atoms with van der Waals surface area (Å²) < 4.78 is 0. The van der Waals surface area contributed by atoms with E-state index in [2.05, 4.69) is 11.2 Å². The van der Waals surface area contributed by atoms with E-state index in [0.29, 0.717) is 5.56 Å². The normalized spacial score (nSPS) is 19.7. The summed E-state index contributed by atoms with van der Waals surface area (Å²) in [6.07, 6.45) is 1.62. The summed E-state index contributed by atoms with van der Waals surface area (Å²) in [6.45, 7) is 1.71. The van der Waals surface area contributed by atoms with Gasteiger partial charge in [0.25, 0.3) is 5.91 Å². The molecule has 3 rings (SSSR count). The minimum absolute atomic E-state index is 0.287. The molecular weight excluding hydrogens is 262 g/mol. The van der Waals surface area contributed by atoms with E-state index in [1.807, 2.05) is 30.3 Å². The zero-order chi connectivity index (χ0) is 14.9. The van der Waals surface area contributed by atoms with Crippen LogP contribution in [0.2, 0.25) is 0 Å². The largest absolute Gasteiger partial charge is 0.275 e. The van der Waals surface area contributed by atoms with Crippen molar-refractivity contribution in [3.05, 3.63) is 71.3 Å². The summed E-state index contributed by atoms with van der Waals surface area (Å²) in [5.41, 5.74) is 1.04. The Balaban J connectivity index is 2.10. The van der Waals surface area contributed by atoms with Crippen molar-refractivity contribution >= 4 is 12.1 Å². The number of carbonyl (C=O) groups excluding carboxylic acids is 1. The number of hydrogen-bond acceptors (Lipinski definition) is 3. The number of nitrogens with zero attached hydrogens (tertiary/aromatic N) is 3. The fraction of sp³-hybridized carbons (Fsp3) is 0.118. The number of benzene rings is 2. The number of rotatable bonds is 1. The number of hydrogen-bond donors (Lipinski definition) is 0. The van der Waals surface area contributed by atoms with E-state index in [1.165, 1.54) is 5.01 Å². The molecule has 1 amide bonds. The number of carbonyl (C=O) groups is 1. The zero-order valence-corrected chi connectivity index (χ0v) is 11.5. The summed E-state index contributed by atoms with van der Waals surface area (Å²) in [4.78, 5) is 12.6. The maximum absolute atomic E-state index is 12.6. The van der Waals surface area contributed by atoms with E-state index in [1.54, 1.807) is 37.4 Å². The summed E-state index contributed by atoms with van der Waals surface area (Å²) >= 11 is 0. The first-order chi connectivity index (χ1) is 10.2. The van der Waals surface area contributed by atoms with E-state index in [9.17, 15) is 10.1 Å². The van der Waals surface area contributed by atoms with Gasteiger partial charge in [0, 0.05) is 16.7 Å². The van der Waals surface area contributed by atoms with Crippen LogP contribution in [0.1, 0.15) is 28.4 Å². The van der Waals surface area contributed by atoms with Crippen LogP contribution in [0, 0.1) is 11.3 Å². The lowest BCUT2D eigenvalue weighted by Gasteiger charge is -2.35. The van der Waals surface area contributed by atoms with Gasteiger partial charge in [0.05, 0.1) is 12.3 Å². The van der Waals surface area contributed by atoms with Gasteiger partial charge in [-0.3, -0.25) is 4.79 Å². The van der Waals surface area contributed by atoms with Crippen molar-refractivity contribution in [2.75, 3.05) is 0 Å². The van der Waals surface area contributed by atoms with Crippen LogP contribution < -0.4 is 0 Å². The molecule has 0 fully saturated rings. The molecule has 0 saturated carbocycles. The van der Waals surface area contributed by atoms with Gasteiger partial charge >= 0.3 is 0 Å². The second kappa shape index (κ2) is 4.88. The van der Waals surface area contributed by atoms with Crippen LogP contribution in [0.25, 0.3) is 0 Å². The summed E-state index contributed by atoms with van der Waals surface area (Å²) in [6, 6.07) is 18.6. The minimum atomic E-state index is -1.11. The highest BCUT2D eigenvalue weighted by Crippen LogP contribution is 2.34. The third kappa shape index (κ3) is 2.00. The molecule has 1 heterocycles. The van der Waals surface area contributed by atoms with E-state index >= 15 is 0 Å². The Morgan fingerprint density at radius 3 is 2.52 bits per heavy atom. The first kappa shape index (κ1) is 13.1. The first-order valence-corrected chi connectivity index (χ1v) is 6.61. The smallest absolute Gasteiger partial charge is 0.267 e. The number of nitriles is 1. The zero-order valence-electron chi connectivity index (χ0n) is 11.5. The molecule has 102 valence electrons. The lowest BCUT2D eigenvalue weighted by atomic mass is 9.87. The Kier molecular flexibility index (Phi) is 3.03. The third-order valence-electron chi connectivity index (χ3n) is 3.65. The van der Waals surface area contributed by atoms with Gasteiger partial charge in [-0.2, -0.15) is 10.4 Å². The molecule has 1 unspecified atom stereocenters. The highest BCUT2D eigenvalue weighted by atomic mass is 16.2. The average Bonchev–Trinajstić information content (AvgIpc) is 2.55. The van der Waals surface area contributed by atoms with Crippen LogP contribution in [0.15, 0.2) is 59.7 Å². The predicted octanol–water partition coefficient (Wildman–Crippen LogP) is 2.92. The van der Waals surface area contributed by atoms with Crippen LogP contribution in [0.3, 0.4) is 0 Å². The van der Waals surface area contributed by atoms with E-state index < -0.39 is 5.54 Å². The molecule has 1 aliphatic rings. The summed E-state index contributed by atoms with van der Waals surface area (Å²) in [5, 5.41) is 15.1. The Hall–Kier alpha value is -2.93. The van der Waals surface area contributed by atoms with Crippen molar-refractivity contribution in [2.24, 2.45) is 5.10 Å². The molecule has 0 radical (unpaired) electrons. The Morgan fingerprint density at radius 1 is 1.14 bits per heavy atom. The Morgan fingerprint density at radius 2 is 1.81 bits per heavy atom. The number of amides is 1. The topological polar surface area (TPSA) is 56.5 Å². The first-order valence-electron chi connectivity index (χ1n) is 6.61. The highest BCUT2D eigenvalue weighted by molar-refractivity contribution is 5.97. The van der Waals surface area contributed by atoms with E-state index in [-0.39, 0.29) is 5.91 Å². The second-order valence-corrected chi connectivity index (χ2v) is 5.00. The molecule has 1 aliphatic heterocycles. The molecule has 0 saturated heterocycles. The second-order valence-electron chi connectivity index (χ2n) is 5.00. The fourth-order valence-electron chi connectivity index (χ4n) is 2.47. The van der Waals surface area contributed by atoms with Crippen LogP contribution in [-0.2, 0) is 5.54 Å². The van der Waals surface area contributed by atoms with Crippen molar-refractivity contribution in [3.63, 3.8) is 0 Å². The SMILES string of the molecule is CC1(C#N)c2ccccc2C=NN1C(=O)c1ccccc1. The molecule has 1 atom stereocenters. The molecule has 2 aromatic rings. The molecule has 21 heavy (non-hydrogen) atoms. The van der Waals surface area contributed by atoms with Gasteiger partial charge < -0.3 is 0 Å². The van der Waals surface area contributed by atoms with Crippen molar-refractivity contribution in [1.29, 1.82) is 5.26 Å². The van der Waals surface area contributed by atoms with Gasteiger partial charge in [0.2, 0.25) is 0 Å². The van der Waals surface area contributed by atoms with Crippen LogP contribution in [0.5, 0.6) is 0 Å². The molecule has 4 heteroatoms. The average molecular weight is 275 g/mol. The molecule has 0 bridgehead atoms. The summed E-state index contributed by atoms with van der Waals surface area (Å²) in [7, 11) is 0. The van der Waals surface area contributed by atoms with Gasteiger partial charge in [0.1, 0.15) is 0 Å². The number of hydrazone groups is 1. The fourth-order valence-corrected chi connectivity index (χ4v) is 2.47. The quantitative estimate of drug-likeness (QED) is 0.803. The standard InChI is InChI=1S/C17H13N3O/c1-17(12-18)15-10-6-5-9-14(15)11-19-20(17)16(21)13-7-3-2-4-8-13/h2-11H,1H3. The van der Waals surface area contributed by atoms with E-state index in [0.717, 1.165) is 11.1 Å². The molecular formula is C17H13N3O. The predicted molar refractivity (Wildman–Crippen MR) is 79.6 cm³/mol. The van der Waals surface area contributed by atoms with Crippen LogP contribution in [0.4, 0.5) is 0 Å². The van der Waals surface area contributed by atoms with Gasteiger partial charge in [-0.1, -0.05) is 42.5 Å². The van der Waals surface area contributed by atoms with Gasteiger partial charge in [-0.25, -0.2) is 5.01 Å². The molecule has 0 N–H and O–H groups in total. The number of fused-ring (bicyclic) bond motifs is 1. The van der Waals surface area contributed by atoms with Gasteiger partial charge in [-0.15, -0.1) is 0 Å². The lowest BCUT2D eigenvalue weighted by molar-refractivity contribution is 0.0609. The molecule has 0 aromatic heterocycles. The maximum atomic E-state index is 12.6. The lowest BCUT2D eigenvalue weighted by Crippen LogP contribution is -2.46. The molecule has 2 aromatic carbocycles. The van der Waals surface area contributed by atoms with Crippen LogP contribution >= 0.6 is 0 Å². The Bertz CT molecular complexity index is 761. The third-order valence-corrected chi connectivity index (χ3v) is 3.65.